The Kier molecular flexibility index (Phi) is 4.95. The highest BCUT2D eigenvalue weighted by Gasteiger charge is 2.36. The Balaban J connectivity index is 1.69. The lowest BCUT2D eigenvalue weighted by Gasteiger charge is -2.35. The molecule has 0 bridgehead atoms. The molecule has 5 rings (SSSR count). The predicted molar refractivity (Wildman–Crippen MR) is 124 cm³/mol. The van der Waals surface area contributed by atoms with E-state index in [9.17, 15) is 15.2 Å². The Hall–Kier alpha value is -3.23. The summed E-state index contributed by atoms with van der Waals surface area (Å²) in [5.41, 5.74) is 2.74. The molecular weight excluding hydrogens is 404 g/mol. The number of rotatable bonds is 5. The molecule has 5 heteroatoms. The number of nitrogens with zero attached hydrogens (tertiary/aromatic N) is 2. The second-order valence-electron chi connectivity index (χ2n) is 8.42. The lowest BCUT2D eigenvalue weighted by Crippen LogP contribution is -2.29. The Labute approximate surface area is 184 Å². The summed E-state index contributed by atoms with van der Waals surface area (Å²) in [6, 6.07) is 16.3. The Morgan fingerprint density at radius 2 is 1.94 bits per heavy atom. The molecule has 1 N–H and O–H groups in total. The highest BCUT2D eigenvalue weighted by atomic mass is 32.1. The summed E-state index contributed by atoms with van der Waals surface area (Å²) in [6.45, 7) is 1.84. The van der Waals surface area contributed by atoms with Gasteiger partial charge >= 0.3 is 5.97 Å². The van der Waals surface area contributed by atoms with Crippen molar-refractivity contribution in [1.82, 2.24) is 4.98 Å². The molecule has 0 radical (unpaired) electrons. The van der Waals surface area contributed by atoms with E-state index in [4.69, 9.17) is 0 Å². The first-order valence-corrected chi connectivity index (χ1v) is 11.4. The highest BCUT2D eigenvalue weighted by molar-refractivity contribution is 7.19. The van der Waals surface area contributed by atoms with Crippen LogP contribution in [0.1, 0.15) is 42.5 Å². The quantitative estimate of drug-likeness (QED) is 0.390. The summed E-state index contributed by atoms with van der Waals surface area (Å²) in [6.07, 6.45) is 7.13. The topological polar surface area (TPSA) is 74.0 Å². The number of carboxylic acid groups (broad SMARTS) is 1. The van der Waals surface area contributed by atoms with Gasteiger partial charge in [0.05, 0.1) is 17.6 Å². The number of pyridine rings is 1. The van der Waals surface area contributed by atoms with E-state index < -0.39 is 11.9 Å². The average molecular weight is 427 g/mol. The van der Waals surface area contributed by atoms with Crippen LogP contribution in [0.3, 0.4) is 0 Å². The monoisotopic (exact) mass is 426 g/mol. The molecule has 154 valence electrons. The first-order chi connectivity index (χ1) is 15.1. The third-order valence-corrected chi connectivity index (χ3v) is 7.98. The maximum Gasteiger partial charge on any atom is 0.306 e. The number of thiophene rings is 1. The number of benzene rings is 2. The van der Waals surface area contributed by atoms with E-state index in [0.29, 0.717) is 11.5 Å². The SMILES string of the molecule is C[C@@H](C(=O)O)C(c1cc2cncc(-c3ccc(C#N)c4ccccc34)c2s1)C1CCC1. The number of nitriles is 1. The number of aromatic nitrogens is 1. The van der Waals surface area contributed by atoms with Crippen LogP contribution >= 0.6 is 11.3 Å². The number of aliphatic carboxylic acids is 1. The molecule has 31 heavy (non-hydrogen) atoms. The van der Waals surface area contributed by atoms with Crippen LogP contribution in [0.15, 0.2) is 54.9 Å². The van der Waals surface area contributed by atoms with Gasteiger partial charge in [-0.2, -0.15) is 5.26 Å². The van der Waals surface area contributed by atoms with Crippen molar-refractivity contribution in [1.29, 1.82) is 5.26 Å². The normalized spacial score (nSPS) is 16.0. The van der Waals surface area contributed by atoms with Gasteiger partial charge in [0, 0.05) is 44.2 Å². The van der Waals surface area contributed by atoms with E-state index in [0.717, 1.165) is 49.7 Å². The highest BCUT2D eigenvalue weighted by Crippen LogP contribution is 2.48. The van der Waals surface area contributed by atoms with Crippen molar-refractivity contribution in [2.24, 2.45) is 11.8 Å². The summed E-state index contributed by atoms with van der Waals surface area (Å²) < 4.78 is 1.13. The van der Waals surface area contributed by atoms with Crippen LogP contribution in [0.25, 0.3) is 32.0 Å². The molecule has 0 aliphatic heterocycles. The minimum absolute atomic E-state index is 0.0363. The molecule has 1 saturated carbocycles. The average Bonchev–Trinajstić information content (AvgIpc) is 3.18. The van der Waals surface area contributed by atoms with Gasteiger partial charge in [-0.25, -0.2) is 0 Å². The summed E-state index contributed by atoms with van der Waals surface area (Å²) in [5.74, 6) is -0.670. The van der Waals surface area contributed by atoms with Crippen LogP contribution in [-0.2, 0) is 4.79 Å². The van der Waals surface area contributed by atoms with Gasteiger partial charge in [0.1, 0.15) is 0 Å². The molecule has 0 spiro atoms. The molecule has 1 aliphatic rings. The zero-order valence-corrected chi connectivity index (χ0v) is 18.0. The van der Waals surface area contributed by atoms with E-state index in [1.54, 1.807) is 11.3 Å². The van der Waals surface area contributed by atoms with Crippen molar-refractivity contribution in [2.45, 2.75) is 32.1 Å². The third-order valence-electron chi connectivity index (χ3n) is 6.69. The first kappa shape index (κ1) is 19.7. The van der Waals surface area contributed by atoms with E-state index in [-0.39, 0.29) is 5.92 Å². The lowest BCUT2D eigenvalue weighted by atomic mass is 9.70. The predicted octanol–water partition coefficient (Wildman–Crippen LogP) is 6.59. The number of fused-ring (bicyclic) bond motifs is 2. The van der Waals surface area contributed by atoms with Gasteiger partial charge in [-0.15, -0.1) is 11.3 Å². The second kappa shape index (κ2) is 7.79. The molecule has 2 aromatic heterocycles. The van der Waals surface area contributed by atoms with Crippen LogP contribution in [0, 0.1) is 23.2 Å². The Bertz CT molecular complexity index is 1350. The maximum absolute atomic E-state index is 11.8. The van der Waals surface area contributed by atoms with Gasteiger partial charge in [-0.3, -0.25) is 9.78 Å². The minimum Gasteiger partial charge on any atom is -0.481 e. The van der Waals surface area contributed by atoms with E-state index in [2.05, 4.69) is 17.1 Å². The van der Waals surface area contributed by atoms with Crippen molar-refractivity contribution in [3.05, 3.63) is 65.3 Å². The molecule has 1 aliphatic carbocycles. The van der Waals surface area contributed by atoms with Crippen molar-refractivity contribution in [3.8, 4) is 17.2 Å². The van der Waals surface area contributed by atoms with Gasteiger partial charge in [0.2, 0.25) is 0 Å². The molecule has 1 fully saturated rings. The van der Waals surface area contributed by atoms with Crippen molar-refractivity contribution < 1.29 is 9.90 Å². The van der Waals surface area contributed by atoms with Gasteiger partial charge < -0.3 is 5.11 Å². The van der Waals surface area contributed by atoms with E-state index >= 15 is 0 Å². The van der Waals surface area contributed by atoms with Gasteiger partial charge in [0.15, 0.2) is 0 Å². The smallest absolute Gasteiger partial charge is 0.306 e. The molecule has 2 heterocycles. The van der Waals surface area contributed by atoms with Crippen LogP contribution < -0.4 is 0 Å². The summed E-state index contributed by atoms with van der Waals surface area (Å²) in [4.78, 5) is 17.5. The van der Waals surface area contributed by atoms with Crippen molar-refractivity contribution >= 4 is 38.2 Å². The molecule has 0 saturated heterocycles. The van der Waals surface area contributed by atoms with Gasteiger partial charge in [-0.1, -0.05) is 43.7 Å². The summed E-state index contributed by atoms with van der Waals surface area (Å²) in [5, 5.41) is 22.2. The Morgan fingerprint density at radius 1 is 1.16 bits per heavy atom. The molecule has 4 nitrogen and oxygen atoms in total. The van der Waals surface area contributed by atoms with Crippen molar-refractivity contribution in [2.75, 3.05) is 0 Å². The summed E-state index contributed by atoms with van der Waals surface area (Å²) >= 11 is 1.70. The number of carboxylic acids is 1. The molecule has 1 unspecified atom stereocenters. The molecular formula is C26H22N2O2S. The largest absolute Gasteiger partial charge is 0.481 e. The first-order valence-electron chi connectivity index (χ1n) is 10.6. The van der Waals surface area contributed by atoms with Gasteiger partial charge in [-0.05, 0) is 41.8 Å². The molecule has 0 amide bonds. The fourth-order valence-electron chi connectivity index (χ4n) is 4.81. The molecule has 2 aromatic carbocycles. The van der Waals surface area contributed by atoms with Crippen molar-refractivity contribution in [3.63, 3.8) is 0 Å². The van der Waals surface area contributed by atoms with Crippen LogP contribution in [0.4, 0.5) is 0 Å². The third kappa shape index (κ3) is 3.28. The van der Waals surface area contributed by atoms with Crippen LogP contribution in [0.5, 0.6) is 0 Å². The lowest BCUT2D eigenvalue weighted by molar-refractivity contribution is -0.142. The summed E-state index contributed by atoms with van der Waals surface area (Å²) in [7, 11) is 0. The molecule has 2 atom stereocenters. The zero-order chi connectivity index (χ0) is 21.5. The number of carbonyl (C=O) groups is 1. The van der Waals surface area contributed by atoms with E-state index in [1.807, 2.05) is 55.7 Å². The fourth-order valence-corrected chi connectivity index (χ4v) is 6.27. The standard InChI is InChI=1S/C26H22N2O2S/c1-15(26(29)30)24(16-5-4-6-16)23-11-18-13-28-14-22(25(18)31-23)21-10-9-17(12-27)19-7-2-3-8-20(19)21/h2-3,7-11,13-16,24H,4-6H2,1H3,(H,29,30)/t15-,24?/m1/s1. The number of hydrogen-bond acceptors (Lipinski definition) is 4. The minimum atomic E-state index is -0.731. The van der Waals surface area contributed by atoms with E-state index in [1.165, 1.54) is 6.42 Å². The van der Waals surface area contributed by atoms with Crippen LogP contribution in [0.2, 0.25) is 0 Å². The Morgan fingerprint density at radius 3 is 2.61 bits per heavy atom. The zero-order valence-electron chi connectivity index (χ0n) is 17.2. The second-order valence-corrected chi connectivity index (χ2v) is 9.50. The maximum atomic E-state index is 11.8. The van der Waals surface area contributed by atoms with Gasteiger partial charge in [0.25, 0.3) is 0 Å². The number of hydrogen-bond donors (Lipinski definition) is 1. The fraction of sp³-hybridized carbons (Fsp3) is 0.269. The van der Waals surface area contributed by atoms with Crippen LogP contribution in [-0.4, -0.2) is 16.1 Å². The molecule has 4 aromatic rings.